The fourth-order valence-corrected chi connectivity index (χ4v) is 2.30. The molecule has 0 fully saturated rings. The molecule has 2 aromatic rings. The van der Waals surface area contributed by atoms with Gasteiger partial charge in [-0.25, -0.2) is 0 Å². The maximum Gasteiger partial charge on any atom is 0.287 e. The first kappa shape index (κ1) is 20.2. The number of rotatable bonds is 7. The van der Waals surface area contributed by atoms with Crippen LogP contribution in [-0.2, 0) is 9.59 Å². The molecule has 1 aromatic carbocycles. The van der Waals surface area contributed by atoms with E-state index in [-0.39, 0.29) is 29.4 Å². The van der Waals surface area contributed by atoms with E-state index in [1.807, 2.05) is 27.7 Å². The summed E-state index contributed by atoms with van der Waals surface area (Å²) in [7, 11) is 0. The number of carbonyl (C=O) groups is 3. The molecule has 0 aliphatic carbocycles. The fraction of sp³-hybridized carbons (Fsp3) is 0.350. The first-order chi connectivity index (χ1) is 12.8. The van der Waals surface area contributed by atoms with Gasteiger partial charge in [0.1, 0.15) is 6.04 Å². The maximum absolute atomic E-state index is 12.6. The second-order valence-electron chi connectivity index (χ2n) is 6.88. The van der Waals surface area contributed by atoms with E-state index in [0.717, 1.165) is 0 Å². The third-order valence-corrected chi connectivity index (χ3v) is 3.93. The highest BCUT2D eigenvalue weighted by atomic mass is 16.3. The van der Waals surface area contributed by atoms with Crippen LogP contribution in [0.5, 0.6) is 0 Å². The molecule has 1 atom stereocenters. The quantitative estimate of drug-likeness (QED) is 0.695. The van der Waals surface area contributed by atoms with Crippen molar-refractivity contribution in [3.63, 3.8) is 0 Å². The number of benzene rings is 1. The van der Waals surface area contributed by atoms with Gasteiger partial charge in [-0.1, -0.05) is 27.7 Å². The highest BCUT2D eigenvalue weighted by Gasteiger charge is 2.25. The van der Waals surface area contributed by atoms with Gasteiger partial charge >= 0.3 is 0 Å². The van der Waals surface area contributed by atoms with Crippen LogP contribution in [0.4, 0.5) is 11.4 Å². The van der Waals surface area contributed by atoms with E-state index in [1.54, 1.807) is 30.3 Å². The summed E-state index contributed by atoms with van der Waals surface area (Å²) in [4.78, 5) is 36.5. The van der Waals surface area contributed by atoms with Gasteiger partial charge in [0.2, 0.25) is 11.8 Å². The van der Waals surface area contributed by atoms with Crippen molar-refractivity contribution in [2.24, 2.45) is 11.8 Å². The van der Waals surface area contributed by atoms with Crippen molar-refractivity contribution in [1.82, 2.24) is 5.32 Å². The molecular weight excluding hydrogens is 346 g/mol. The first-order valence-electron chi connectivity index (χ1n) is 8.84. The Morgan fingerprint density at radius 3 is 1.85 bits per heavy atom. The Kier molecular flexibility index (Phi) is 6.76. The number of hydrogen-bond donors (Lipinski definition) is 3. The Morgan fingerprint density at radius 2 is 1.41 bits per heavy atom. The zero-order chi connectivity index (χ0) is 20.0. The minimum absolute atomic E-state index is 0.0766. The number of amides is 3. The van der Waals surface area contributed by atoms with E-state index in [0.29, 0.717) is 11.4 Å². The minimum Gasteiger partial charge on any atom is -0.459 e. The van der Waals surface area contributed by atoms with Crippen LogP contribution in [0.1, 0.15) is 38.2 Å². The predicted molar refractivity (Wildman–Crippen MR) is 103 cm³/mol. The van der Waals surface area contributed by atoms with E-state index in [9.17, 15) is 14.4 Å². The summed E-state index contributed by atoms with van der Waals surface area (Å²) in [6, 6.07) is 9.24. The summed E-state index contributed by atoms with van der Waals surface area (Å²) in [6.45, 7) is 7.31. The summed E-state index contributed by atoms with van der Waals surface area (Å²) in [5.74, 6) is -0.932. The second-order valence-corrected chi connectivity index (χ2v) is 6.88. The molecule has 1 heterocycles. The van der Waals surface area contributed by atoms with Crippen molar-refractivity contribution in [3.8, 4) is 0 Å². The topological polar surface area (TPSA) is 100 Å². The lowest BCUT2D eigenvalue weighted by molar-refractivity contribution is -0.119. The van der Waals surface area contributed by atoms with Crippen molar-refractivity contribution < 1.29 is 18.8 Å². The van der Waals surface area contributed by atoms with Crippen LogP contribution >= 0.6 is 0 Å². The molecule has 2 rings (SSSR count). The van der Waals surface area contributed by atoms with Gasteiger partial charge < -0.3 is 20.4 Å². The SMILES string of the molecule is CC(C)C(=O)Nc1ccc(NC(=O)C(NC(=O)c2ccco2)C(C)C)cc1. The van der Waals surface area contributed by atoms with E-state index >= 15 is 0 Å². The van der Waals surface area contributed by atoms with E-state index in [4.69, 9.17) is 4.42 Å². The molecule has 0 aliphatic rings. The van der Waals surface area contributed by atoms with Crippen molar-refractivity contribution in [2.75, 3.05) is 10.6 Å². The monoisotopic (exact) mass is 371 g/mol. The fourth-order valence-electron chi connectivity index (χ4n) is 2.30. The number of carbonyl (C=O) groups excluding carboxylic acids is 3. The number of hydrogen-bond acceptors (Lipinski definition) is 4. The van der Waals surface area contributed by atoms with E-state index in [2.05, 4.69) is 16.0 Å². The predicted octanol–water partition coefficient (Wildman–Crippen LogP) is 3.27. The zero-order valence-electron chi connectivity index (χ0n) is 15.9. The number of nitrogens with one attached hydrogen (secondary N) is 3. The number of anilines is 2. The van der Waals surface area contributed by atoms with Crippen molar-refractivity contribution >= 4 is 29.1 Å². The Bertz CT molecular complexity index is 780. The molecule has 27 heavy (non-hydrogen) atoms. The van der Waals surface area contributed by atoms with Crippen LogP contribution in [-0.4, -0.2) is 23.8 Å². The average Bonchev–Trinajstić information content (AvgIpc) is 3.15. The Balaban J connectivity index is 2.00. The molecule has 0 saturated heterocycles. The molecule has 0 aliphatic heterocycles. The molecular formula is C20H25N3O4. The molecule has 1 unspecified atom stereocenters. The zero-order valence-corrected chi connectivity index (χ0v) is 15.9. The van der Waals surface area contributed by atoms with Gasteiger partial charge in [-0.3, -0.25) is 14.4 Å². The number of furan rings is 1. The Hall–Kier alpha value is -3.09. The molecule has 0 radical (unpaired) electrons. The molecule has 7 heteroatoms. The highest BCUT2D eigenvalue weighted by Crippen LogP contribution is 2.16. The van der Waals surface area contributed by atoms with Crippen LogP contribution in [0, 0.1) is 11.8 Å². The van der Waals surface area contributed by atoms with Crippen LogP contribution < -0.4 is 16.0 Å². The van der Waals surface area contributed by atoms with Crippen LogP contribution in [0.2, 0.25) is 0 Å². The smallest absolute Gasteiger partial charge is 0.287 e. The molecule has 3 amide bonds. The van der Waals surface area contributed by atoms with Gasteiger partial charge in [0.15, 0.2) is 5.76 Å². The van der Waals surface area contributed by atoms with E-state index in [1.165, 1.54) is 12.3 Å². The summed E-state index contributed by atoms with van der Waals surface area (Å²) in [6.07, 6.45) is 1.40. The van der Waals surface area contributed by atoms with Gasteiger partial charge in [-0.2, -0.15) is 0 Å². The van der Waals surface area contributed by atoms with Gasteiger partial charge in [0.05, 0.1) is 6.26 Å². The summed E-state index contributed by atoms with van der Waals surface area (Å²) < 4.78 is 5.06. The van der Waals surface area contributed by atoms with Crippen molar-refractivity contribution in [3.05, 3.63) is 48.4 Å². The third kappa shape index (κ3) is 5.70. The largest absolute Gasteiger partial charge is 0.459 e. The summed E-state index contributed by atoms with van der Waals surface area (Å²) in [5.41, 5.74) is 1.22. The highest BCUT2D eigenvalue weighted by molar-refractivity contribution is 6.00. The van der Waals surface area contributed by atoms with Crippen molar-refractivity contribution in [1.29, 1.82) is 0 Å². The molecule has 0 bridgehead atoms. The lowest BCUT2D eigenvalue weighted by atomic mass is 10.0. The lowest BCUT2D eigenvalue weighted by Gasteiger charge is -2.21. The molecule has 3 N–H and O–H groups in total. The first-order valence-corrected chi connectivity index (χ1v) is 8.84. The normalized spacial score (nSPS) is 11.9. The Morgan fingerprint density at radius 1 is 0.852 bits per heavy atom. The van der Waals surface area contributed by atoms with Gasteiger partial charge in [-0.05, 0) is 42.3 Å². The van der Waals surface area contributed by atoms with Gasteiger partial charge in [0, 0.05) is 17.3 Å². The van der Waals surface area contributed by atoms with Crippen LogP contribution in [0.3, 0.4) is 0 Å². The molecule has 7 nitrogen and oxygen atoms in total. The van der Waals surface area contributed by atoms with E-state index < -0.39 is 11.9 Å². The maximum atomic E-state index is 12.6. The van der Waals surface area contributed by atoms with Gasteiger partial charge in [0.25, 0.3) is 5.91 Å². The Labute approximate surface area is 158 Å². The van der Waals surface area contributed by atoms with Crippen molar-refractivity contribution in [2.45, 2.75) is 33.7 Å². The minimum atomic E-state index is -0.720. The van der Waals surface area contributed by atoms with Gasteiger partial charge in [-0.15, -0.1) is 0 Å². The standard InChI is InChI=1S/C20H25N3O4/c1-12(2)17(23-19(25)16-6-5-11-27-16)20(26)22-15-9-7-14(8-10-15)21-18(24)13(3)4/h5-13,17H,1-4H3,(H,21,24)(H,22,26)(H,23,25). The molecule has 0 saturated carbocycles. The van der Waals surface area contributed by atoms with Crippen LogP contribution in [0.15, 0.2) is 47.1 Å². The third-order valence-electron chi connectivity index (χ3n) is 3.93. The molecule has 1 aromatic heterocycles. The average molecular weight is 371 g/mol. The molecule has 144 valence electrons. The van der Waals surface area contributed by atoms with Crippen LogP contribution in [0.25, 0.3) is 0 Å². The summed E-state index contributed by atoms with van der Waals surface area (Å²) >= 11 is 0. The second kappa shape index (κ2) is 9.02. The lowest BCUT2D eigenvalue weighted by Crippen LogP contribution is -2.47. The molecule has 0 spiro atoms. The summed E-state index contributed by atoms with van der Waals surface area (Å²) in [5, 5.41) is 8.25.